The molecule has 2 unspecified atom stereocenters. The lowest BCUT2D eigenvalue weighted by molar-refractivity contribution is 0.0494. The minimum atomic E-state index is -0.468. The van der Waals surface area contributed by atoms with Gasteiger partial charge in [0, 0.05) is 25.9 Å². The molecule has 0 radical (unpaired) electrons. The summed E-state index contributed by atoms with van der Waals surface area (Å²) in [7, 11) is 0. The van der Waals surface area contributed by atoms with E-state index in [1.54, 1.807) is 6.33 Å². The molecule has 10 nitrogen and oxygen atoms in total. The second-order valence-corrected chi connectivity index (χ2v) is 12.6. The largest absolute Gasteiger partial charge is 0.444 e. The highest BCUT2D eigenvalue weighted by atomic mass is 35.5. The Morgan fingerprint density at radius 3 is 1.95 bits per heavy atom. The number of aromatic nitrogens is 4. The zero-order chi connectivity index (χ0) is 32.0. The monoisotopic (exact) mass is 616 g/mol. The van der Waals surface area contributed by atoms with Crippen LogP contribution in [0.25, 0.3) is 22.1 Å². The van der Waals surface area contributed by atoms with E-state index in [2.05, 4.69) is 30.2 Å². The van der Waals surface area contributed by atoms with Gasteiger partial charge in [-0.25, -0.2) is 19.6 Å². The van der Waals surface area contributed by atoms with E-state index in [0.717, 1.165) is 41.5 Å². The zero-order valence-electron chi connectivity index (χ0n) is 26.6. The highest BCUT2D eigenvalue weighted by molar-refractivity contribution is 6.17. The van der Waals surface area contributed by atoms with Crippen molar-refractivity contribution in [3.05, 3.63) is 61.2 Å². The van der Waals surface area contributed by atoms with Gasteiger partial charge in [-0.3, -0.25) is 0 Å². The van der Waals surface area contributed by atoms with E-state index in [4.69, 9.17) is 21.1 Å². The number of carbonyl (C=O) groups excluding carboxylic acids is 2. The Morgan fingerprint density at radius 1 is 0.860 bits per heavy atom. The van der Waals surface area contributed by atoms with E-state index in [1.807, 2.05) is 110 Å². The third kappa shape index (κ3) is 14.3. The second-order valence-electron chi connectivity index (χ2n) is 12.2. The molecule has 2 atom stereocenters. The number of ether oxygens (including phenoxy) is 2. The summed E-state index contributed by atoms with van der Waals surface area (Å²) >= 11 is 5.52. The lowest BCUT2D eigenvalue weighted by Gasteiger charge is -2.22. The second kappa shape index (κ2) is 16.7. The molecule has 0 aliphatic rings. The molecule has 2 aromatic heterocycles. The number of rotatable bonds is 7. The number of aryl methyl sites for hydroxylation is 1. The number of benzene rings is 2. The number of alkyl halides is 1. The average Bonchev–Trinajstić information content (AvgIpc) is 3.53. The third-order valence-electron chi connectivity index (χ3n) is 5.73. The number of halogens is 1. The summed E-state index contributed by atoms with van der Waals surface area (Å²) in [4.78, 5) is 34.3. The van der Waals surface area contributed by atoms with Crippen LogP contribution in [0, 0.1) is 0 Å². The van der Waals surface area contributed by atoms with Crippen molar-refractivity contribution in [3.8, 4) is 0 Å². The van der Waals surface area contributed by atoms with E-state index >= 15 is 0 Å². The molecular weight excluding hydrogens is 568 g/mol. The van der Waals surface area contributed by atoms with Gasteiger partial charge in [0.15, 0.2) is 0 Å². The Kier molecular flexibility index (Phi) is 13.8. The van der Waals surface area contributed by atoms with Gasteiger partial charge in [0.2, 0.25) is 0 Å². The number of aromatic amines is 1. The number of para-hydroxylation sites is 4. The van der Waals surface area contributed by atoms with Gasteiger partial charge in [-0.05, 0) is 92.5 Å². The maximum Gasteiger partial charge on any atom is 0.407 e. The van der Waals surface area contributed by atoms with Crippen LogP contribution in [-0.2, 0) is 16.0 Å². The Morgan fingerprint density at radius 2 is 1.40 bits per heavy atom. The number of alkyl carbamates (subject to hydrolysis) is 2. The highest BCUT2D eigenvalue weighted by Gasteiger charge is 2.18. The standard InChI is InChI=1S/C16H23N3O2.C9H18ClNO2.C7H6N2.H2/c1-12(18-15(20)21-16(2,3)4)9-10-19-11-17-13-7-5-6-8-14(13)19;1-7(5-6-10)11-8(12)13-9(2,3)4;1-2-4-7-6(3-1)8-5-9-7;/h5-8,11-12H,9-10H2,1-4H3,(H,18,20);7H,5-6H2,1-4H3,(H,11,12);1-5H,(H,8,9);1H. The van der Waals surface area contributed by atoms with Gasteiger partial charge in [-0.2, -0.15) is 0 Å². The van der Waals surface area contributed by atoms with E-state index in [1.165, 1.54) is 0 Å². The smallest absolute Gasteiger partial charge is 0.407 e. The molecule has 0 fully saturated rings. The van der Waals surface area contributed by atoms with Crippen molar-refractivity contribution in [3.63, 3.8) is 0 Å². The summed E-state index contributed by atoms with van der Waals surface area (Å²) in [6.07, 6.45) is 4.35. The average molecular weight is 617 g/mol. The maximum absolute atomic E-state index is 11.7. The number of hydrogen-bond acceptors (Lipinski definition) is 6. The number of H-pyrrole nitrogens is 1. The van der Waals surface area contributed by atoms with Gasteiger partial charge >= 0.3 is 12.2 Å². The molecule has 2 amide bonds. The zero-order valence-corrected chi connectivity index (χ0v) is 27.4. The van der Waals surface area contributed by atoms with Gasteiger partial charge in [0.1, 0.15) is 11.2 Å². The minimum Gasteiger partial charge on any atom is -0.444 e. The first kappa shape index (κ1) is 35.4. The van der Waals surface area contributed by atoms with Crippen LogP contribution in [0.2, 0.25) is 0 Å². The molecule has 43 heavy (non-hydrogen) atoms. The van der Waals surface area contributed by atoms with Crippen molar-refractivity contribution in [2.45, 2.75) is 98.1 Å². The molecule has 11 heteroatoms. The fourth-order valence-corrected chi connectivity index (χ4v) is 4.05. The van der Waals surface area contributed by atoms with Crippen LogP contribution < -0.4 is 10.6 Å². The third-order valence-corrected chi connectivity index (χ3v) is 5.94. The minimum absolute atomic E-state index is 0. The van der Waals surface area contributed by atoms with Gasteiger partial charge in [-0.1, -0.05) is 24.3 Å². The lowest BCUT2D eigenvalue weighted by Crippen LogP contribution is -2.38. The first-order valence-corrected chi connectivity index (χ1v) is 15.0. The van der Waals surface area contributed by atoms with Crippen LogP contribution in [0.1, 0.15) is 69.7 Å². The Labute approximate surface area is 261 Å². The summed E-state index contributed by atoms with van der Waals surface area (Å²) < 4.78 is 12.4. The molecule has 0 saturated heterocycles. The first-order chi connectivity index (χ1) is 20.2. The van der Waals surface area contributed by atoms with Crippen LogP contribution in [0.15, 0.2) is 61.2 Å². The van der Waals surface area contributed by atoms with Crippen molar-refractivity contribution < 1.29 is 20.5 Å². The van der Waals surface area contributed by atoms with Crippen molar-refractivity contribution >= 4 is 45.9 Å². The molecule has 0 aliphatic carbocycles. The molecule has 2 aromatic carbocycles. The van der Waals surface area contributed by atoms with Gasteiger partial charge < -0.3 is 29.7 Å². The maximum atomic E-state index is 11.7. The summed E-state index contributed by atoms with van der Waals surface area (Å²) in [5.74, 6) is 0.539. The molecule has 238 valence electrons. The lowest BCUT2D eigenvalue weighted by atomic mass is 10.2. The summed E-state index contributed by atoms with van der Waals surface area (Å²) in [6, 6.07) is 16.1. The molecule has 0 aliphatic heterocycles. The SMILES string of the molecule is CC(CCCl)NC(=O)OC(C)(C)C.CC(CCn1cnc2ccccc21)NC(=O)OC(C)(C)C.[HH].c1ccc2[nH]cnc2c1. The van der Waals surface area contributed by atoms with Crippen molar-refractivity contribution in [2.24, 2.45) is 0 Å². The van der Waals surface area contributed by atoms with Crippen LogP contribution in [0.5, 0.6) is 0 Å². The van der Waals surface area contributed by atoms with Gasteiger partial charge in [0.25, 0.3) is 0 Å². The van der Waals surface area contributed by atoms with Crippen molar-refractivity contribution in [2.75, 3.05) is 5.88 Å². The predicted octanol–water partition coefficient (Wildman–Crippen LogP) is 7.68. The molecule has 3 N–H and O–H groups in total. The van der Waals surface area contributed by atoms with E-state index in [0.29, 0.717) is 5.88 Å². The van der Waals surface area contributed by atoms with E-state index < -0.39 is 11.2 Å². The van der Waals surface area contributed by atoms with Crippen LogP contribution in [0.4, 0.5) is 9.59 Å². The number of fused-ring (bicyclic) bond motifs is 2. The van der Waals surface area contributed by atoms with E-state index in [9.17, 15) is 9.59 Å². The van der Waals surface area contributed by atoms with Crippen LogP contribution in [0.3, 0.4) is 0 Å². The number of amides is 2. The molecular formula is C32H49ClN6O4. The number of nitrogens with zero attached hydrogens (tertiary/aromatic N) is 3. The van der Waals surface area contributed by atoms with Crippen molar-refractivity contribution in [1.82, 2.24) is 30.2 Å². The predicted molar refractivity (Wildman–Crippen MR) is 176 cm³/mol. The van der Waals surface area contributed by atoms with Gasteiger partial charge in [-0.15, -0.1) is 11.6 Å². The molecule has 4 rings (SSSR count). The Hall–Kier alpha value is -3.79. The molecule has 2 heterocycles. The molecule has 0 bridgehead atoms. The van der Waals surface area contributed by atoms with Crippen LogP contribution in [-0.4, -0.2) is 60.9 Å². The molecule has 4 aromatic rings. The normalized spacial score (nSPS) is 12.7. The van der Waals surface area contributed by atoms with Crippen LogP contribution >= 0.6 is 11.6 Å². The Balaban J connectivity index is 0.000000358. The summed E-state index contributed by atoms with van der Waals surface area (Å²) in [5.41, 5.74) is 3.32. The summed E-state index contributed by atoms with van der Waals surface area (Å²) in [6.45, 7) is 15.7. The topological polar surface area (TPSA) is 123 Å². The molecule has 0 saturated carbocycles. The van der Waals surface area contributed by atoms with E-state index in [-0.39, 0.29) is 25.7 Å². The number of carbonyl (C=O) groups is 2. The first-order valence-electron chi connectivity index (χ1n) is 14.5. The molecule has 0 spiro atoms. The number of nitrogens with one attached hydrogen (secondary N) is 3. The fraction of sp³-hybridized carbons (Fsp3) is 0.500. The quantitative estimate of drug-likeness (QED) is 0.183. The highest BCUT2D eigenvalue weighted by Crippen LogP contribution is 2.13. The number of hydrogen-bond donors (Lipinski definition) is 3. The van der Waals surface area contributed by atoms with Gasteiger partial charge in [0.05, 0.1) is 34.7 Å². The summed E-state index contributed by atoms with van der Waals surface area (Å²) in [5, 5.41) is 5.54. The number of imidazole rings is 2. The fourth-order valence-electron chi connectivity index (χ4n) is 3.73. The Bertz CT molecular complexity index is 1380. The van der Waals surface area contributed by atoms with Crippen molar-refractivity contribution in [1.29, 1.82) is 0 Å².